The van der Waals surface area contributed by atoms with E-state index in [0.29, 0.717) is 0 Å². The molecule has 2 aliphatic carbocycles. The van der Waals surface area contributed by atoms with Crippen molar-refractivity contribution in [1.29, 1.82) is 0 Å². The van der Waals surface area contributed by atoms with Gasteiger partial charge >= 0.3 is 0 Å². The number of nitrogens with one attached hydrogen (secondary N) is 1. The smallest absolute Gasteiger partial charge is 0.0126 e. The van der Waals surface area contributed by atoms with Gasteiger partial charge in [-0.3, -0.25) is 4.90 Å². The molecule has 2 saturated heterocycles. The first-order chi connectivity index (χ1) is 7.40. The van der Waals surface area contributed by atoms with Crippen LogP contribution in [0, 0.1) is 23.7 Å². The summed E-state index contributed by atoms with van der Waals surface area (Å²) in [5.41, 5.74) is 0. The summed E-state index contributed by atoms with van der Waals surface area (Å²) in [4.78, 5) is 2.86. The maximum Gasteiger partial charge on any atom is 0.0126 e. The van der Waals surface area contributed by atoms with Gasteiger partial charge in [-0.2, -0.15) is 0 Å². The van der Waals surface area contributed by atoms with E-state index in [1.54, 1.807) is 19.3 Å². The molecular formula is C13H22N2. The highest BCUT2D eigenvalue weighted by Gasteiger charge is 2.46. The Hall–Kier alpha value is -0.0800. The molecule has 2 aliphatic heterocycles. The van der Waals surface area contributed by atoms with Crippen LogP contribution >= 0.6 is 0 Å². The first kappa shape index (κ1) is 9.00. The van der Waals surface area contributed by atoms with Crippen LogP contribution < -0.4 is 5.32 Å². The van der Waals surface area contributed by atoms with E-state index in [0.717, 1.165) is 29.7 Å². The summed E-state index contributed by atoms with van der Waals surface area (Å²) in [6.45, 7) is 5.40. The minimum absolute atomic E-state index is 0.990. The monoisotopic (exact) mass is 206 g/mol. The minimum Gasteiger partial charge on any atom is -0.316 e. The molecule has 4 rings (SSSR count). The average Bonchev–Trinajstić information content (AvgIpc) is 2.96. The fraction of sp³-hybridized carbons (Fsp3) is 1.00. The predicted molar refractivity (Wildman–Crippen MR) is 60.7 cm³/mol. The Labute approximate surface area is 92.4 Å². The minimum atomic E-state index is 0.990. The lowest BCUT2D eigenvalue weighted by atomic mass is 9.94. The molecule has 0 aromatic carbocycles. The van der Waals surface area contributed by atoms with Gasteiger partial charge in [0.1, 0.15) is 0 Å². The normalized spacial score (nSPS) is 54.0. The Kier molecular flexibility index (Phi) is 1.92. The van der Waals surface area contributed by atoms with Crippen LogP contribution in [0.1, 0.15) is 25.7 Å². The maximum atomic E-state index is 3.54. The lowest BCUT2D eigenvalue weighted by Crippen LogP contribution is -2.39. The van der Waals surface area contributed by atoms with Crippen molar-refractivity contribution in [3.63, 3.8) is 0 Å². The molecule has 3 unspecified atom stereocenters. The van der Waals surface area contributed by atoms with Gasteiger partial charge in [0.05, 0.1) is 0 Å². The van der Waals surface area contributed by atoms with Crippen molar-refractivity contribution in [2.24, 2.45) is 23.7 Å². The molecule has 0 aromatic heterocycles. The number of nitrogens with zero attached hydrogens (tertiary/aromatic N) is 1. The molecule has 2 bridgehead atoms. The van der Waals surface area contributed by atoms with Gasteiger partial charge in [0.25, 0.3) is 0 Å². The Morgan fingerprint density at radius 2 is 1.67 bits per heavy atom. The second kappa shape index (κ2) is 3.21. The van der Waals surface area contributed by atoms with Gasteiger partial charge in [0.15, 0.2) is 0 Å². The first-order valence-electron chi connectivity index (χ1n) is 6.85. The molecule has 15 heavy (non-hydrogen) atoms. The third-order valence-electron chi connectivity index (χ3n) is 5.59. The lowest BCUT2D eigenvalue weighted by Gasteiger charge is -2.31. The second-order valence-corrected chi connectivity index (χ2v) is 6.37. The summed E-state index contributed by atoms with van der Waals surface area (Å²) in [6.07, 6.45) is 6.19. The Balaban J connectivity index is 1.47. The molecule has 2 heteroatoms. The van der Waals surface area contributed by atoms with E-state index in [-0.39, 0.29) is 0 Å². The van der Waals surface area contributed by atoms with Gasteiger partial charge in [-0.05, 0) is 56.0 Å². The number of hydrogen-bond donors (Lipinski definition) is 1. The molecule has 4 aliphatic rings. The molecule has 0 radical (unpaired) electrons. The number of rotatable bonds is 1. The van der Waals surface area contributed by atoms with Crippen LogP contribution in [0.15, 0.2) is 0 Å². The zero-order valence-corrected chi connectivity index (χ0v) is 9.49. The van der Waals surface area contributed by atoms with E-state index >= 15 is 0 Å². The number of likely N-dealkylation sites (tertiary alicyclic amines) is 1. The van der Waals surface area contributed by atoms with Crippen molar-refractivity contribution >= 4 is 0 Å². The summed E-state index contributed by atoms with van der Waals surface area (Å²) in [5, 5.41) is 3.54. The summed E-state index contributed by atoms with van der Waals surface area (Å²) < 4.78 is 0. The average molecular weight is 206 g/mol. The summed E-state index contributed by atoms with van der Waals surface area (Å²) in [6, 6.07) is 0.995. The number of hydrogen-bond acceptors (Lipinski definition) is 2. The largest absolute Gasteiger partial charge is 0.316 e. The molecule has 1 N–H and O–H groups in total. The van der Waals surface area contributed by atoms with Crippen molar-refractivity contribution in [2.45, 2.75) is 31.7 Å². The maximum absolute atomic E-state index is 3.54. The van der Waals surface area contributed by atoms with Gasteiger partial charge in [-0.1, -0.05) is 6.42 Å². The van der Waals surface area contributed by atoms with Gasteiger partial charge in [0, 0.05) is 19.1 Å². The standard InChI is InChI=1S/C13H22N2/c1-2-10-3-9(1)4-13(10)15-7-11-5-14-6-12(11)8-15/h9-14H,1-8H2/t9?,10?,11-,12+,13?. The van der Waals surface area contributed by atoms with Gasteiger partial charge < -0.3 is 5.32 Å². The third-order valence-corrected chi connectivity index (χ3v) is 5.59. The highest BCUT2D eigenvalue weighted by atomic mass is 15.2. The Morgan fingerprint density at radius 3 is 2.27 bits per heavy atom. The third kappa shape index (κ3) is 1.31. The zero-order chi connectivity index (χ0) is 9.83. The van der Waals surface area contributed by atoms with Gasteiger partial charge in [-0.25, -0.2) is 0 Å². The molecular weight excluding hydrogens is 184 g/mol. The van der Waals surface area contributed by atoms with E-state index < -0.39 is 0 Å². The Morgan fingerprint density at radius 1 is 0.867 bits per heavy atom. The highest BCUT2D eigenvalue weighted by Crippen LogP contribution is 2.48. The molecule has 84 valence electrons. The SMILES string of the molecule is C1CC2CC1CC2N1C[C@H]2CNC[C@H]2C1. The summed E-state index contributed by atoms with van der Waals surface area (Å²) >= 11 is 0. The fourth-order valence-corrected chi connectivity index (χ4v) is 4.82. The van der Waals surface area contributed by atoms with E-state index in [9.17, 15) is 0 Å². The Bertz CT molecular complexity index is 253. The number of fused-ring (bicyclic) bond motifs is 3. The van der Waals surface area contributed by atoms with Crippen LogP contribution in [0.4, 0.5) is 0 Å². The molecule has 2 saturated carbocycles. The topological polar surface area (TPSA) is 15.3 Å². The molecule has 4 fully saturated rings. The van der Waals surface area contributed by atoms with E-state index in [1.165, 1.54) is 32.6 Å². The van der Waals surface area contributed by atoms with Crippen LogP contribution in [0.3, 0.4) is 0 Å². The molecule has 0 aromatic rings. The zero-order valence-electron chi connectivity index (χ0n) is 9.49. The molecule has 2 heterocycles. The highest BCUT2D eigenvalue weighted by molar-refractivity contribution is 5.00. The van der Waals surface area contributed by atoms with Crippen LogP contribution in [-0.4, -0.2) is 37.1 Å². The van der Waals surface area contributed by atoms with Crippen LogP contribution in [0.5, 0.6) is 0 Å². The molecule has 2 nitrogen and oxygen atoms in total. The second-order valence-electron chi connectivity index (χ2n) is 6.37. The van der Waals surface area contributed by atoms with Crippen molar-refractivity contribution in [1.82, 2.24) is 10.2 Å². The molecule has 0 amide bonds. The first-order valence-corrected chi connectivity index (χ1v) is 6.85. The summed E-state index contributed by atoms with van der Waals surface area (Å²) in [5.74, 6) is 4.17. The molecule has 5 atom stereocenters. The van der Waals surface area contributed by atoms with Crippen molar-refractivity contribution < 1.29 is 0 Å². The van der Waals surface area contributed by atoms with E-state index in [1.807, 2.05) is 0 Å². The summed E-state index contributed by atoms with van der Waals surface area (Å²) in [7, 11) is 0. The van der Waals surface area contributed by atoms with E-state index in [2.05, 4.69) is 10.2 Å². The fourth-order valence-electron chi connectivity index (χ4n) is 4.82. The quantitative estimate of drug-likeness (QED) is 0.696. The van der Waals surface area contributed by atoms with Crippen molar-refractivity contribution in [2.75, 3.05) is 26.2 Å². The van der Waals surface area contributed by atoms with Crippen LogP contribution in [-0.2, 0) is 0 Å². The van der Waals surface area contributed by atoms with Crippen molar-refractivity contribution in [3.8, 4) is 0 Å². The van der Waals surface area contributed by atoms with E-state index in [4.69, 9.17) is 0 Å². The van der Waals surface area contributed by atoms with Gasteiger partial charge in [-0.15, -0.1) is 0 Å². The predicted octanol–water partition coefficient (Wildman–Crippen LogP) is 1.33. The van der Waals surface area contributed by atoms with Gasteiger partial charge in [0.2, 0.25) is 0 Å². The van der Waals surface area contributed by atoms with Crippen LogP contribution in [0.25, 0.3) is 0 Å². The molecule has 0 spiro atoms. The van der Waals surface area contributed by atoms with Crippen LogP contribution in [0.2, 0.25) is 0 Å². The van der Waals surface area contributed by atoms with Crippen molar-refractivity contribution in [3.05, 3.63) is 0 Å². The lowest BCUT2D eigenvalue weighted by molar-refractivity contribution is 0.164.